The molecule has 4 N–H and O–H groups in total. The molecule has 0 bridgehead atoms. The van der Waals surface area contributed by atoms with Crippen molar-refractivity contribution in [1.82, 2.24) is 5.32 Å². The number of hydrogen-bond acceptors (Lipinski definition) is 4. The van der Waals surface area contributed by atoms with E-state index in [2.05, 4.69) is 5.32 Å². The Labute approximate surface area is 109 Å². The van der Waals surface area contributed by atoms with Crippen LogP contribution in [0, 0.1) is 0 Å². The van der Waals surface area contributed by atoms with E-state index in [1.54, 1.807) is 18.2 Å². The maximum absolute atomic E-state index is 11.8. The second-order valence-corrected chi connectivity index (χ2v) is 4.01. The molecule has 5 heteroatoms. The van der Waals surface area contributed by atoms with Crippen molar-refractivity contribution >= 4 is 5.91 Å². The molecular formula is C14H13NO4. The summed E-state index contributed by atoms with van der Waals surface area (Å²) in [5, 5.41) is 30.8. The van der Waals surface area contributed by atoms with Gasteiger partial charge in [0.1, 0.15) is 17.2 Å². The van der Waals surface area contributed by atoms with Gasteiger partial charge >= 0.3 is 0 Å². The topological polar surface area (TPSA) is 89.8 Å². The number of aromatic hydroxyl groups is 3. The van der Waals surface area contributed by atoms with Crippen molar-refractivity contribution in [2.45, 2.75) is 6.54 Å². The summed E-state index contributed by atoms with van der Waals surface area (Å²) in [5.41, 5.74) is 0.641. The van der Waals surface area contributed by atoms with Gasteiger partial charge in [0.05, 0.1) is 5.56 Å². The lowest BCUT2D eigenvalue weighted by atomic mass is 10.1. The van der Waals surface area contributed by atoms with E-state index >= 15 is 0 Å². The van der Waals surface area contributed by atoms with Crippen molar-refractivity contribution in [2.75, 3.05) is 0 Å². The van der Waals surface area contributed by atoms with Crippen LogP contribution in [0.3, 0.4) is 0 Å². The van der Waals surface area contributed by atoms with Crippen molar-refractivity contribution in [3.63, 3.8) is 0 Å². The van der Waals surface area contributed by atoms with Gasteiger partial charge < -0.3 is 20.6 Å². The molecule has 0 aliphatic heterocycles. The second kappa shape index (κ2) is 5.30. The summed E-state index contributed by atoms with van der Waals surface area (Å²) >= 11 is 0. The molecule has 0 saturated carbocycles. The Bertz CT molecular complexity index is 610. The van der Waals surface area contributed by atoms with Gasteiger partial charge in [0, 0.05) is 18.2 Å². The van der Waals surface area contributed by atoms with Crippen molar-refractivity contribution in [3.05, 3.63) is 53.6 Å². The Balaban J connectivity index is 2.08. The van der Waals surface area contributed by atoms with Crippen molar-refractivity contribution in [3.8, 4) is 17.2 Å². The average Bonchev–Trinajstić information content (AvgIpc) is 2.37. The minimum atomic E-state index is -0.485. The van der Waals surface area contributed by atoms with Gasteiger partial charge in [-0.3, -0.25) is 4.79 Å². The summed E-state index contributed by atoms with van der Waals surface area (Å²) < 4.78 is 0. The standard InChI is InChI=1S/C14H13NO4/c16-10-5-6-11(13(18)7-10)14(19)15-8-9-3-1-2-4-12(9)17/h1-7,16-18H,8H2,(H,15,19). The van der Waals surface area contributed by atoms with Gasteiger partial charge in [-0.25, -0.2) is 0 Å². The predicted octanol–water partition coefficient (Wildman–Crippen LogP) is 1.73. The van der Waals surface area contributed by atoms with E-state index in [4.69, 9.17) is 5.11 Å². The summed E-state index contributed by atoms with van der Waals surface area (Å²) in [5.74, 6) is -0.803. The van der Waals surface area contributed by atoms with Crippen molar-refractivity contribution < 1.29 is 20.1 Å². The van der Waals surface area contributed by atoms with E-state index in [0.717, 1.165) is 6.07 Å². The molecule has 0 radical (unpaired) electrons. The minimum Gasteiger partial charge on any atom is -0.508 e. The van der Waals surface area contributed by atoms with Crippen LogP contribution in [0.5, 0.6) is 17.2 Å². The molecule has 0 heterocycles. The quantitative estimate of drug-likeness (QED) is 0.675. The lowest BCUT2D eigenvalue weighted by Gasteiger charge is -2.08. The number of hydrogen-bond donors (Lipinski definition) is 4. The molecular weight excluding hydrogens is 246 g/mol. The summed E-state index contributed by atoms with van der Waals surface area (Å²) in [4.78, 5) is 11.8. The fraction of sp³-hybridized carbons (Fsp3) is 0.0714. The molecule has 19 heavy (non-hydrogen) atoms. The van der Waals surface area contributed by atoms with Crippen molar-refractivity contribution in [2.24, 2.45) is 0 Å². The van der Waals surface area contributed by atoms with Crippen LogP contribution in [0.2, 0.25) is 0 Å². The summed E-state index contributed by atoms with van der Waals surface area (Å²) in [6.45, 7) is 0.145. The van der Waals surface area contributed by atoms with Crippen LogP contribution in [-0.2, 0) is 6.54 Å². The van der Waals surface area contributed by atoms with Gasteiger partial charge in [-0.1, -0.05) is 18.2 Å². The molecule has 0 unspecified atom stereocenters. The monoisotopic (exact) mass is 259 g/mol. The zero-order valence-corrected chi connectivity index (χ0v) is 10.00. The summed E-state index contributed by atoms with van der Waals surface area (Å²) in [6.07, 6.45) is 0. The molecule has 0 aliphatic rings. The fourth-order valence-electron chi connectivity index (χ4n) is 1.64. The lowest BCUT2D eigenvalue weighted by molar-refractivity contribution is 0.0948. The van der Waals surface area contributed by atoms with E-state index in [1.165, 1.54) is 18.2 Å². The molecule has 0 aliphatic carbocycles. The third kappa shape index (κ3) is 2.95. The fourth-order valence-corrected chi connectivity index (χ4v) is 1.64. The van der Waals surface area contributed by atoms with Crippen LogP contribution in [-0.4, -0.2) is 21.2 Å². The first kappa shape index (κ1) is 12.8. The van der Waals surface area contributed by atoms with Crippen LogP contribution < -0.4 is 5.32 Å². The van der Waals surface area contributed by atoms with Crippen LogP contribution in [0.15, 0.2) is 42.5 Å². The first-order valence-electron chi connectivity index (χ1n) is 5.65. The molecule has 5 nitrogen and oxygen atoms in total. The smallest absolute Gasteiger partial charge is 0.255 e. The lowest BCUT2D eigenvalue weighted by Crippen LogP contribution is -2.22. The Hall–Kier alpha value is -2.69. The summed E-state index contributed by atoms with van der Waals surface area (Å²) in [6, 6.07) is 10.4. The number of rotatable bonds is 3. The molecule has 2 rings (SSSR count). The molecule has 0 atom stereocenters. The van der Waals surface area contributed by atoms with Gasteiger partial charge in [0.25, 0.3) is 5.91 Å². The number of nitrogens with one attached hydrogen (secondary N) is 1. The van der Waals surface area contributed by atoms with Crippen LogP contribution >= 0.6 is 0 Å². The Morgan fingerprint density at radius 3 is 2.42 bits per heavy atom. The first-order valence-corrected chi connectivity index (χ1v) is 5.65. The Morgan fingerprint density at radius 1 is 1.00 bits per heavy atom. The molecule has 0 fully saturated rings. The maximum atomic E-state index is 11.8. The molecule has 98 valence electrons. The number of carbonyl (C=O) groups is 1. The largest absolute Gasteiger partial charge is 0.508 e. The van der Waals surface area contributed by atoms with Crippen LogP contribution in [0.4, 0.5) is 0 Å². The van der Waals surface area contributed by atoms with E-state index in [-0.39, 0.29) is 29.4 Å². The third-order valence-corrected chi connectivity index (χ3v) is 2.66. The van der Waals surface area contributed by atoms with Gasteiger partial charge in [-0.05, 0) is 18.2 Å². The molecule has 0 aromatic heterocycles. The highest BCUT2D eigenvalue weighted by Crippen LogP contribution is 2.22. The van der Waals surface area contributed by atoms with Crippen LogP contribution in [0.1, 0.15) is 15.9 Å². The number of carbonyl (C=O) groups excluding carboxylic acids is 1. The van der Waals surface area contributed by atoms with E-state index in [0.29, 0.717) is 5.56 Å². The first-order chi connectivity index (χ1) is 9.08. The Morgan fingerprint density at radius 2 is 1.74 bits per heavy atom. The minimum absolute atomic E-state index is 0.0632. The SMILES string of the molecule is O=C(NCc1ccccc1O)c1ccc(O)cc1O. The van der Waals surface area contributed by atoms with Gasteiger partial charge in [-0.15, -0.1) is 0 Å². The Kier molecular flexibility index (Phi) is 3.56. The normalized spacial score (nSPS) is 10.1. The highest BCUT2D eigenvalue weighted by atomic mass is 16.3. The average molecular weight is 259 g/mol. The highest BCUT2D eigenvalue weighted by Gasteiger charge is 2.11. The van der Waals surface area contributed by atoms with E-state index in [9.17, 15) is 15.0 Å². The number of para-hydroxylation sites is 1. The zero-order chi connectivity index (χ0) is 13.8. The molecule has 0 saturated heterocycles. The zero-order valence-electron chi connectivity index (χ0n) is 10.00. The number of phenolic OH excluding ortho intramolecular Hbond substituents is 3. The molecule has 2 aromatic rings. The highest BCUT2D eigenvalue weighted by molar-refractivity contribution is 5.96. The third-order valence-electron chi connectivity index (χ3n) is 2.66. The predicted molar refractivity (Wildman–Crippen MR) is 69.0 cm³/mol. The molecule has 2 aromatic carbocycles. The number of phenols is 3. The van der Waals surface area contributed by atoms with Crippen LogP contribution in [0.25, 0.3) is 0 Å². The number of benzene rings is 2. The molecule has 0 spiro atoms. The van der Waals surface area contributed by atoms with E-state index < -0.39 is 5.91 Å². The second-order valence-electron chi connectivity index (χ2n) is 4.01. The molecule has 1 amide bonds. The van der Waals surface area contributed by atoms with Crippen molar-refractivity contribution in [1.29, 1.82) is 0 Å². The van der Waals surface area contributed by atoms with Gasteiger partial charge in [0.15, 0.2) is 0 Å². The van der Waals surface area contributed by atoms with E-state index in [1.807, 2.05) is 0 Å². The van der Waals surface area contributed by atoms with Gasteiger partial charge in [0.2, 0.25) is 0 Å². The number of amides is 1. The summed E-state index contributed by atoms with van der Waals surface area (Å²) in [7, 11) is 0. The van der Waals surface area contributed by atoms with Gasteiger partial charge in [-0.2, -0.15) is 0 Å². The maximum Gasteiger partial charge on any atom is 0.255 e.